The predicted octanol–water partition coefficient (Wildman–Crippen LogP) is 4.42. The number of nitrogens with one attached hydrogen (secondary N) is 3. The number of sulfonamides is 1. The van der Waals surface area contributed by atoms with Gasteiger partial charge in [-0.05, 0) is 64.8 Å². The zero-order chi connectivity index (χ0) is 24.7. The summed E-state index contributed by atoms with van der Waals surface area (Å²) in [6.45, 7) is 0.305. The van der Waals surface area contributed by atoms with E-state index in [2.05, 4.69) is 15.4 Å². The summed E-state index contributed by atoms with van der Waals surface area (Å²) < 4.78 is 27.7. The third kappa shape index (κ3) is 6.73. The molecule has 1 amide bonds. The lowest BCUT2D eigenvalue weighted by Gasteiger charge is -2.12. The van der Waals surface area contributed by atoms with Crippen LogP contribution in [0.3, 0.4) is 0 Å². The van der Waals surface area contributed by atoms with Crippen LogP contribution in [0.25, 0.3) is 10.8 Å². The van der Waals surface area contributed by atoms with Crippen molar-refractivity contribution in [2.45, 2.75) is 17.7 Å². The molecule has 0 unspecified atom stereocenters. The molecule has 3 N–H and O–H groups in total. The molecule has 0 spiro atoms. The fourth-order valence-electron chi connectivity index (χ4n) is 3.73. The quantitative estimate of drug-likeness (QED) is 0.310. The third-order valence-corrected chi connectivity index (χ3v) is 7.14. The number of anilines is 1. The highest BCUT2D eigenvalue weighted by Crippen LogP contribution is 2.19. The highest BCUT2D eigenvalue weighted by Gasteiger charge is 2.14. The summed E-state index contributed by atoms with van der Waals surface area (Å²) in [6, 6.07) is 29.6. The molecule has 0 fully saturated rings. The molecule has 6 nitrogen and oxygen atoms in total. The third-order valence-electron chi connectivity index (χ3n) is 5.45. The van der Waals surface area contributed by atoms with E-state index in [-0.39, 0.29) is 22.3 Å². The Balaban J connectivity index is 1.29. The first-order valence-electron chi connectivity index (χ1n) is 11.1. The summed E-state index contributed by atoms with van der Waals surface area (Å²) in [4.78, 5) is 12.7. The second kappa shape index (κ2) is 11.2. The molecule has 0 saturated heterocycles. The van der Waals surface area contributed by atoms with Gasteiger partial charge in [-0.2, -0.15) is 0 Å². The summed E-state index contributed by atoms with van der Waals surface area (Å²) in [5.74, 6) is -0.235. The zero-order valence-corrected chi connectivity index (χ0v) is 20.5. The van der Waals surface area contributed by atoms with E-state index in [0.29, 0.717) is 18.7 Å². The van der Waals surface area contributed by atoms with Crippen LogP contribution >= 0.6 is 12.2 Å². The van der Waals surface area contributed by atoms with Gasteiger partial charge in [-0.15, -0.1) is 0 Å². The van der Waals surface area contributed by atoms with Gasteiger partial charge in [0.25, 0.3) is 0 Å². The van der Waals surface area contributed by atoms with Gasteiger partial charge in [0.15, 0.2) is 5.11 Å². The number of hydrogen-bond acceptors (Lipinski definition) is 4. The Hall–Kier alpha value is -3.59. The molecule has 4 aromatic rings. The average molecular weight is 504 g/mol. The van der Waals surface area contributed by atoms with Crippen LogP contribution in [-0.2, 0) is 27.7 Å². The van der Waals surface area contributed by atoms with Gasteiger partial charge in [-0.25, -0.2) is 13.1 Å². The van der Waals surface area contributed by atoms with Gasteiger partial charge < -0.3 is 10.6 Å². The van der Waals surface area contributed by atoms with E-state index in [1.807, 2.05) is 72.8 Å². The van der Waals surface area contributed by atoms with Gasteiger partial charge >= 0.3 is 0 Å². The van der Waals surface area contributed by atoms with Crippen molar-refractivity contribution in [3.63, 3.8) is 0 Å². The van der Waals surface area contributed by atoms with Crippen molar-refractivity contribution in [1.82, 2.24) is 10.0 Å². The number of fused-ring (bicyclic) bond motifs is 1. The fourth-order valence-corrected chi connectivity index (χ4v) is 4.99. The Morgan fingerprint density at radius 1 is 0.800 bits per heavy atom. The lowest BCUT2D eigenvalue weighted by atomic mass is 10.0. The molecule has 4 aromatic carbocycles. The molecule has 0 saturated carbocycles. The molecule has 0 radical (unpaired) electrons. The largest absolute Gasteiger partial charge is 0.332 e. The van der Waals surface area contributed by atoms with Crippen LogP contribution in [0.5, 0.6) is 0 Å². The van der Waals surface area contributed by atoms with E-state index in [1.54, 1.807) is 12.1 Å². The van der Waals surface area contributed by atoms with Crippen LogP contribution in [0, 0.1) is 0 Å². The molecule has 0 atom stereocenters. The summed E-state index contributed by atoms with van der Waals surface area (Å²) in [5.41, 5.74) is 2.55. The maximum absolute atomic E-state index is 12.6. The molecule has 0 aliphatic carbocycles. The number of carbonyl (C=O) groups excluding carboxylic acids is 1. The van der Waals surface area contributed by atoms with Gasteiger partial charge in [-0.1, -0.05) is 72.8 Å². The van der Waals surface area contributed by atoms with Crippen molar-refractivity contribution in [3.05, 3.63) is 108 Å². The minimum atomic E-state index is -3.63. The molecule has 0 aliphatic rings. The lowest BCUT2D eigenvalue weighted by molar-refractivity contribution is -0.119. The molecule has 178 valence electrons. The van der Waals surface area contributed by atoms with Crippen LogP contribution < -0.4 is 15.4 Å². The smallest absolute Gasteiger partial charge is 0.240 e. The molecule has 35 heavy (non-hydrogen) atoms. The number of benzene rings is 4. The number of thiocarbonyl (C=S) groups is 1. The van der Waals surface area contributed by atoms with Crippen LogP contribution in [0.2, 0.25) is 0 Å². The molecule has 8 heteroatoms. The first-order chi connectivity index (χ1) is 16.9. The van der Waals surface area contributed by atoms with Crippen molar-refractivity contribution in [1.29, 1.82) is 0 Å². The topological polar surface area (TPSA) is 87.3 Å². The summed E-state index contributed by atoms with van der Waals surface area (Å²) in [5, 5.41) is 7.85. The lowest BCUT2D eigenvalue weighted by Crippen LogP contribution is -2.35. The van der Waals surface area contributed by atoms with Gasteiger partial charge in [0, 0.05) is 12.2 Å². The van der Waals surface area contributed by atoms with Crippen molar-refractivity contribution in [2.75, 3.05) is 11.9 Å². The van der Waals surface area contributed by atoms with E-state index in [0.717, 1.165) is 21.9 Å². The Kier molecular flexibility index (Phi) is 7.87. The van der Waals surface area contributed by atoms with E-state index in [4.69, 9.17) is 12.2 Å². The van der Waals surface area contributed by atoms with Gasteiger partial charge in [-0.3, -0.25) is 4.79 Å². The Bertz CT molecular complexity index is 1430. The minimum absolute atomic E-state index is 0.145. The van der Waals surface area contributed by atoms with Gasteiger partial charge in [0.1, 0.15) is 0 Å². The second-order valence-electron chi connectivity index (χ2n) is 7.98. The minimum Gasteiger partial charge on any atom is -0.332 e. The van der Waals surface area contributed by atoms with E-state index < -0.39 is 10.0 Å². The molecule has 0 heterocycles. The fraction of sp³-hybridized carbons (Fsp3) is 0.111. The normalized spacial score (nSPS) is 11.2. The second-order valence-corrected chi connectivity index (χ2v) is 10.2. The molecule has 0 bridgehead atoms. The molecular formula is C27H25N3O3S2. The van der Waals surface area contributed by atoms with E-state index in [9.17, 15) is 13.2 Å². The predicted molar refractivity (Wildman–Crippen MR) is 144 cm³/mol. The first kappa shape index (κ1) is 24.5. The van der Waals surface area contributed by atoms with Crippen LogP contribution in [0.4, 0.5) is 5.69 Å². The Morgan fingerprint density at radius 3 is 2.26 bits per heavy atom. The number of hydrogen-bond donors (Lipinski definition) is 3. The maximum Gasteiger partial charge on any atom is 0.240 e. The summed E-state index contributed by atoms with van der Waals surface area (Å²) >= 11 is 5.26. The van der Waals surface area contributed by atoms with E-state index in [1.165, 1.54) is 12.1 Å². The van der Waals surface area contributed by atoms with Crippen molar-refractivity contribution < 1.29 is 13.2 Å². The SMILES string of the molecule is O=C(Cc1cccc2ccccc12)NC(=S)Nc1ccc(S(=O)(=O)NCCc2ccccc2)cc1. The van der Waals surface area contributed by atoms with Gasteiger partial charge in [0.2, 0.25) is 15.9 Å². The monoisotopic (exact) mass is 503 g/mol. The molecule has 0 aliphatic heterocycles. The van der Waals surface area contributed by atoms with E-state index >= 15 is 0 Å². The van der Waals surface area contributed by atoms with Gasteiger partial charge in [0.05, 0.1) is 11.3 Å². The number of carbonyl (C=O) groups is 1. The first-order valence-corrected chi connectivity index (χ1v) is 13.0. The molecule has 4 rings (SSSR count). The van der Waals surface area contributed by atoms with Crippen molar-refractivity contribution in [3.8, 4) is 0 Å². The van der Waals surface area contributed by atoms with Crippen molar-refractivity contribution in [2.24, 2.45) is 0 Å². The van der Waals surface area contributed by atoms with Crippen molar-refractivity contribution >= 4 is 49.7 Å². The van der Waals surface area contributed by atoms with Crippen LogP contribution in [0.15, 0.2) is 102 Å². The Morgan fingerprint density at radius 2 is 1.49 bits per heavy atom. The number of amides is 1. The molecular weight excluding hydrogens is 478 g/mol. The Labute approximate surface area is 210 Å². The maximum atomic E-state index is 12.6. The molecule has 0 aromatic heterocycles. The average Bonchev–Trinajstić information content (AvgIpc) is 2.85. The number of rotatable bonds is 8. The highest BCUT2D eigenvalue weighted by atomic mass is 32.2. The standard InChI is InChI=1S/C27H25N3O3S2/c31-26(19-22-11-6-10-21-9-4-5-12-25(21)22)30-27(34)29-23-13-15-24(16-14-23)35(32,33)28-18-17-20-7-2-1-3-8-20/h1-16,28H,17-19H2,(H2,29,30,31,34). The zero-order valence-electron chi connectivity index (χ0n) is 18.9. The van der Waals surface area contributed by atoms with Crippen LogP contribution in [-0.4, -0.2) is 26.0 Å². The highest BCUT2D eigenvalue weighted by molar-refractivity contribution is 7.89. The summed E-state index contributed by atoms with van der Waals surface area (Å²) in [7, 11) is -3.63. The summed E-state index contributed by atoms with van der Waals surface area (Å²) in [6.07, 6.45) is 0.793. The van der Waals surface area contributed by atoms with Crippen LogP contribution in [0.1, 0.15) is 11.1 Å².